The highest BCUT2D eigenvalue weighted by molar-refractivity contribution is 6.33. The fourth-order valence-electron chi connectivity index (χ4n) is 2.26. The van der Waals surface area contributed by atoms with Crippen molar-refractivity contribution in [3.63, 3.8) is 0 Å². The normalized spacial score (nSPS) is 10.7. The Balaban J connectivity index is 1.59. The number of furan rings is 1. The van der Waals surface area contributed by atoms with Crippen molar-refractivity contribution < 1.29 is 18.7 Å². The first kappa shape index (κ1) is 18.4. The van der Waals surface area contributed by atoms with Crippen LogP contribution in [0.3, 0.4) is 0 Å². The zero-order chi connectivity index (χ0) is 19.2. The van der Waals surface area contributed by atoms with Crippen molar-refractivity contribution in [1.82, 2.24) is 5.43 Å². The summed E-state index contributed by atoms with van der Waals surface area (Å²) < 4.78 is 10.4. The van der Waals surface area contributed by atoms with Gasteiger partial charge in [0.15, 0.2) is 0 Å². The van der Waals surface area contributed by atoms with Crippen LogP contribution in [0.4, 0.5) is 0 Å². The van der Waals surface area contributed by atoms with E-state index < -0.39 is 5.97 Å². The number of hydrogen-bond donors (Lipinski definition) is 1. The number of halogens is 1. The topological polar surface area (TPSA) is 80.9 Å². The van der Waals surface area contributed by atoms with Crippen LogP contribution in [0.1, 0.15) is 32.0 Å². The first-order chi connectivity index (χ1) is 13.0. The predicted molar refractivity (Wildman–Crippen MR) is 101 cm³/mol. The van der Waals surface area contributed by atoms with E-state index in [9.17, 15) is 9.59 Å². The van der Waals surface area contributed by atoms with Crippen molar-refractivity contribution in [2.75, 3.05) is 0 Å². The molecule has 0 bridgehead atoms. The van der Waals surface area contributed by atoms with E-state index in [2.05, 4.69) is 10.5 Å². The maximum atomic E-state index is 12.1. The van der Waals surface area contributed by atoms with Crippen molar-refractivity contribution in [3.8, 4) is 5.75 Å². The second-order valence-corrected chi connectivity index (χ2v) is 5.94. The van der Waals surface area contributed by atoms with Gasteiger partial charge in [-0.2, -0.15) is 5.10 Å². The van der Waals surface area contributed by atoms with Gasteiger partial charge in [-0.15, -0.1) is 0 Å². The maximum absolute atomic E-state index is 12.1. The third-order valence-electron chi connectivity index (χ3n) is 3.67. The van der Waals surface area contributed by atoms with Crippen LogP contribution >= 0.6 is 11.6 Å². The number of benzene rings is 2. The molecule has 1 heterocycles. The van der Waals surface area contributed by atoms with Gasteiger partial charge in [-0.05, 0) is 55.0 Å². The summed E-state index contributed by atoms with van der Waals surface area (Å²) in [5.41, 5.74) is 3.86. The average molecular weight is 383 g/mol. The Morgan fingerprint density at radius 2 is 1.81 bits per heavy atom. The summed E-state index contributed by atoms with van der Waals surface area (Å²) in [6.07, 6.45) is 2.92. The van der Waals surface area contributed by atoms with E-state index in [0.29, 0.717) is 27.7 Å². The third-order valence-corrected chi connectivity index (χ3v) is 4.00. The molecule has 0 saturated heterocycles. The Bertz CT molecular complexity index is 993. The molecular weight excluding hydrogens is 368 g/mol. The maximum Gasteiger partial charge on any atom is 0.345 e. The second-order valence-electron chi connectivity index (χ2n) is 5.53. The van der Waals surface area contributed by atoms with Crippen LogP contribution in [0.25, 0.3) is 0 Å². The van der Waals surface area contributed by atoms with Gasteiger partial charge in [0.2, 0.25) is 0 Å². The van der Waals surface area contributed by atoms with Gasteiger partial charge in [0.25, 0.3) is 5.91 Å². The molecule has 0 aliphatic carbocycles. The molecule has 1 N–H and O–H groups in total. The van der Waals surface area contributed by atoms with Crippen LogP contribution in [0.15, 0.2) is 70.4 Å². The first-order valence-corrected chi connectivity index (χ1v) is 8.36. The van der Waals surface area contributed by atoms with E-state index in [4.69, 9.17) is 20.8 Å². The molecule has 0 aliphatic heterocycles. The minimum atomic E-state index is -0.537. The Morgan fingerprint density at radius 1 is 1.07 bits per heavy atom. The molecule has 27 heavy (non-hydrogen) atoms. The molecule has 0 radical (unpaired) electrons. The number of rotatable bonds is 5. The molecule has 2 aromatic carbocycles. The van der Waals surface area contributed by atoms with E-state index >= 15 is 0 Å². The molecule has 136 valence electrons. The lowest BCUT2D eigenvalue weighted by Crippen LogP contribution is -2.17. The van der Waals surface area contributed by atoms with Crippen LogP contribution in [0.5, 0.6) is 5.75 Å². The van der Waals surface area contributed by atoms with Gasteiger partial charge in [0.05, 0.1) is 28.6 Å². The number of nitrogens with zero attached hydrogens (tertiary/aromatic N) is 1. The van der Waals surface area contributed by atoms with E-state index in [1.807, 2.05) is 0 Å². The van der Waals surface area contributed by atoms with Crippen molar-refractivity contribution in [3.05, 3.63) is 88.3 Å². The molecule has 7 heteroatoms. The summed E-state index contributed by atoms with van der Waals surface area (Å²) in [7, 11) is 0. The quantitative estimate of drug-likeness (QED) is 0.310. The highest BCUT2D eigenvalue weighted by atomic mass is 35.5. The smallest absolute Gasteiger partial charge is 0.345 e. The molecule has 0 fully saturated rings. The molecule has 6 nitrogen and oxygen atoms in total. The number of ether oxygens (including phenoxy) is 1. The summed E-state index contributed by atoms with van der Waals surface area (Å²) in [6.45, 7) is 1.70. The van der Waals surface area contributed by atoms with E-state index in [1.165, 1.54) is 12.5 Å². The molecule has 0 spiro atoms. The molecular formula is C20H15ClN2O4. The summed E-state index contributed by atoms with van der Waals surface area (Å²) in [5, 5.41) is 4.23. The second kappa shape index (κ2) is 8.33. The summed E-state index contributed by atoms with van der Waals surface area (Å²) >= 11 is 5.98. The number of carbonyl (C=O) groups is 2. The lowest BCUT2D eigenvalue weighted by atomic mass is 10.2. The lowest BCUT2D eigenvalue weighted by molar-refractivity contribution is 0.0734. The molecule has 0 unspecified atom stereocenters. The van der Waals surface area contributed by atoms with Crippen LogP contribution in [-0.4, -0.2) is 18.1 Å². The zero-order valence-corrected chi connectivity index (χ0v) is 15.1. The van der Waals surface area contributed by atoms with Gasteiger partial charge >= 0.3 is 5.97 Å². The lowest BCUT2D eigenvalue weighted by Gasteiger charge is -2.05. The zero-order valence-electron chi connectivity index (χ0n) is 14.3. The number of nitrogens with one attached hydrogen (secondary N) is 1. The molecule has 3 rings (SSSR count). The van der Waals surface area contributed by atoms with Crippen molar-refractivity contribution in [2.24, 2.45) is 5.10 Å². The number of aryl methyl sites for hydroxylation is 1. The van der Waals surface area contributed by atoms with Crippen molar-refractivity contribution >= 4 is 29.7 Å². The summed E-state index contributed by atoms with van der Waals surface area (Å²) in [4.78, 5) is 24.0. The third kappa shape index (κ3) is 4.62. The van der Waals surface area contributed by atoms with Gasteiger partial charge in [0, 0.05) is 0 Å². The van der Waals surface area contributed by atoms with E-state index in [1.54, 1.807) is 61.5 Å². The van der Waals surface area contributed by atoms with Gasteiger partial charge in [-0.3, -0.25) is 4.79 Å². The van der Waals surface area contributed by atoms with Gasteiger partial charge in [-0.25, -0.2) is 10.2 Å². The highest BCUT2D eigenvalue weighted by Crippen LogP contribution is 2.19. The Morgan fingerprint density at radius 3 is 2.48 bits per heavy atom. The fourth-order valence-corrected chi connectivity index (χ4v) is 2.47. The molecule has 1 aromatic heterocycles. The molecule has 0 aliphatic rings. The minimum Gasteiger partial charge on any atom is -0.469 e. The summed E-state index contributed by atoms with van der Waals surface area (Å²) in [5.74, 6) is -0.00457. The summed E-state index contributed by atoms with van der Waals surface area (Å²) in [6, 6.07) is 14.9. The van der Waals surface area contributed by atoms with Gasteiger partial charge in [-0.1, -0.05) is 23.7 Å². The van der Waals surface area contributed by atoms with Crippen LogP contribution in [0, 0.1) is 6.92 Å². The SMILES string of the molecule is Cc1occc1C(=O)NN=Cc1ccc(OC(=O)c2ccccc2Cl)cc1. The average Bonchev–Trinajstić information content (AvgIpc) is 3.09. The van der Waals surface area contributed by atoms with E-state index in [0.717, 1.165) is 5.56 Å². The van der Waals surface area contributed by atoms with Crippen LogP contribution in [-0.2, 0) is 0 Å². The number of hydrogen-bond acceptors (Lipinski definition) is 5. The van der Waals surface area contributed by atoms with Crippen molar-refractivity contribution in [2.45, 2.75) is 6.92 Å². The first-order valence-electron chi connectivity index (χ1n) is 7.99. The Hall–Kier alpha value is -3.38. The minimum absolute atomic E-state index is 0.294. The molecule has 0 saturated carbocycles. The Labute approximate surface area is 160 Å². The Kier molecular flexibility index (Phi) is 5.68. The number of amides is 1. The van der Waals surface area contributed by atoms with Crippen LogP contribution in [0.2, 0.25) is 5.02 Å². The number of carbonyl (C=O) groups excluding carboxylic acids is 2. The monoisotopic (exact) mass is 382 g/mol. The van der Waals surface area contributed by atoms with E-state index in [-0.39, 0.29) is 5.91 Å². The number of hydrazone groups is 1. The molecule has 3 aromatic rings. The van der Waals surface area contributed by atoms with Crippen LogP contribution < -0.4 is 10.2 Å². The standard InChI is InChI=1S/C20H15ClN2O4/c1-13-16(10-11-26-13)19(24)23-22-12-14-6-8-15(9-7-14)27-20(25)17-4-2-3-5-18(17)21/h2-12H,1H3,(H,23,24). The van der Waals surface area contributed by atoms with Gasteiger partial charge in [0.1, 0.15) is 11.5 Å². The fraction of sp³-hybridized carbons (Fsp3) is 0.0500. The molecule has 1 amide bonds. The van der Waals surface area contributed by atoms with Gasteiger partial charge < -0.3 is 9.15 Å². The largest absolute Gasteiger partial charge is 0.469 e. The highest BCUT2D eigenvalue weighted by Gasteiger charge is 2.12. The molecule has 0 atom stereocenters. The predicted octanol–water partition coefficient (Wildman–Crippen LogP) is 4.22. The number of esters is 1. The van der Waals surface area contributed by atoms with Crippen molar-refractivity contribution in [1.29, 1.82) is 0 Å².